The Morgan fingerprint density at radius 1 is 1.33 bits per heavy atom. The van der Waals surface area contributed by atoms with Crippen molar-refractivity contribution >= 4 is 22.1 Å². The SMILES string of the molecule is C=C(C)C(=O)NOS(=O)(=O)C=Cc1ccccc1. The standard InChI is InChI=1S/C12H13NO4S/c1-10(2)12(14)13-17-18(15,16)9-8-11-6-4-3-5-7-11/h3-9H,1H2,2H3,(H,13,14). The zero-order valence-electron chi connectivity index (χ0n) is 9.79. The van der Waals surface area contributed by atoms with Crippen molar-refractivity contribution in [1.29, 1.82) is 0 Å². The van der Waals surface area contributed by atoms with Gasteiger partial charge in [-0.15, -0.1) is 4.28 Å². The molecule has 1 N–H and O–H groups in total. The molecule has 0 aliphatic heterocycles. The lowest BCUT2D eigenvalue weighted by molar-refractivity contribution is -0.123. The summed E-state index contributed by atoms with van der Waals surface area (Å²) in [5.74, 6) is -0.688. The third-order valence-corrected chi connectivity index (χ3v) is 2.65. The van der Waals surface area contributed by atoms with Gasteiger partial charge in [-0.2, -0.15) is 8.42 Å². The molecule has 0 atom stereocenters. The molecule has 18 heavy (non-hydrogen) atoms. The van der Waals surface area contributed by atoms with Gasteiger partial charge in [-0.25, -0.2) is 5.48 Å². The molecular formula is C12H13NO4S. The summed E-state index contributed by atoms with van der Waals surface area (Å²) in [4.78, 5) is 11.0. The van der Waals surface area contributed by atoms with Crippen molar-refractivity contribution in [2.45, 2.75) is 6.92 Å². The van der Waals surface area contributed by atoms with Crippen molar-refractivity contribution in [3.63, 3.8) is 0 Å². The van der Waals surface area contributed by atoms with E-state index in [4.69, 9.17) is 0 Å². The summed E-state index contributed by atoms with van der Waals surface area (Å²) in [5.41, 5.74) is 2.64. The predicted octanol–water partition coefficient (Wildman–Crippen LogP) is 1.61. The number of rotatable bonds is 5. The zero-order valence-corrected chi connectivity index (χ0v) is 10.6. The van der Waals surface area contributed by atoms with Crippen LogP contribution in [0.1, 0.15) is 12.5 Å². The van der Waals surface area contributed by atoms with E-state index in [0.717, 1.165) is 5.41 Å². The Balaban J connectivity index is 2.63. The molecule has 96 valence electrons. The van der Waals surface area contributed by atoms with Crippen molar-refractivity contribution in [3.05, 3.63) is 53.5 Å². The first-order chi connectivity index (χ1) is 8.41. The molecule has 0 aliphatic rings. The fraction of sp³-hybridized carbons (Fsp3) is 0.0833. The van der Waals surface area contributed by atoms with Gasteiger partial charge < -0.3 is 0 Å². The second-order valence-electron chi connectivity index (χ2n) is 3.50. The molecule has 5 nitrogen and oxygen atoms in total. The quantitative estimate of drug-likeness (QED) is 0.650. The van der Waals surface area contributed by atoms with Gasteiger partial charge in [-0.1, -0.05) is 36.9 Å². The zero-order chi connectivity index (χ0) is 13.6. The van der Waals surface area contributed by atoms with Gasteiger partial charge in [0.1, 0.15) is 0 Å². The van der Waals surface area contributed by atoms with Gasteiger partial charge in [0.2, 0.25) is 0 Å². The summed E-state index contributed by atoms with van der Waals surface area (Å²) in [5, 5.41) is 0.862. The van der Waals surface area contributed by atoms with Crippen molar-refractivity contribution in [1.82, 2.24) is 5.48 Å². The maximum absolute atomic E-state index is 11.4. The highest BCUT2D eigenvalue weighted by molar-refractivity contribution is 7.89. The van der Waals surface area contributed by atoms with E-state index < -0.39 is 16.0 Å². The second-order valence-corrected chi connectivity index (χ2v) is 4.93. The molecule has 1 aromatic carbocycles. The molecule has 1 rings (SSSR count). The van der Waals surface area contributed by atoms with E-state index in [1.54, 1.807) is 29.7 Å². The summed E-state index contributed by atoms with van der Waals surface area (Å²) in [6, 6.07) is 8.83. The normalized spacial score (nSPS) is 11.4. The lowest BCUT2D eigenvalue weighted by Crippen LogP contribution is -2.26. The number of carbonyl (C=O) groups is 1. The predicted molar refractivity (Wildman–Crippen MR) is 68.4 cm³/mol. The lowest BCUT2D eigenvalue weighted by atomic mass is 10.2. The highest BCUT2D eigenvalue weighted by Crippen LogP contribution is 2.04. The Morgan fingerprint density at radius 2 is 1.94 bits per heavy atom. The number of amides is 1. The number of hydrogen-bond donors (Lipinski definition) is 1. The van der Waals surface area contributed by atoms with E-state index in [1.807, 2.05) is 6.07 Å². The lowest BCUT2D eigenvalue weighted by Gasteiger charge is -2.02. The van der Waals surface area contributed by atoms with Crippen molar-refractivity contribution in [2.75, 3.05) is 0 Å². The molecule has 0 saturated heterocycles. The summed E-state index contributed by atoms with van der Waals surface area (Å²) in [6.45, 7) is 4.78. The molecule has 0 unspecified atom stereocenters. The van der Waals surface area contributed by atoms with Crippen LogP contribution in [0.2, 0.25) is 0 Å². The number of hydroxylamine groups is 1. The summed E-state index contributed by atoms with van der Waals surface area (Å²) < 4.78 is 27.1. The average Bonchev–Trinajstić information content (AvgIpc) is 2.35. The fourth-order valence-electron chi connectivity index (χ4n) is 0.937. The second kappa shape index (κ2) is 6.13. The molecule has 1 aromatic rings. The van der Waals surface area contributed by atoms with Gasteiger partial charge in [0, 0.05) is 5.57 Å². The molecule has 0 fully saturated rings. The minimum Gasteiger partial charge on any atom is -0.267 e. The number of nitrogens with one attached hydrogen (secondary N) is 1. The van der Waals surface area contributed by atoms with Gasteiger partial charge in [-0.05, 0) is 18.6 Å². The van der Waals surface area contributed by atoms with Crippen LogP contribution in [0.15, 0.2) is 47.9 Å². The van der Waals surface area contributed by atoms with Crippen LogP contribution in [-0.4, -0.2) is 14.3 Å². The highest BCUT2D eigenvalue weighted by atomic mass is 32.2. The fourth-order valence-corrected chi connectivity index (χ4v) is 1.51. The first kappa shape index (κ1) is 14.1. The molecule has 0 bridgehead atoms. The van der Waals surface area contributed by atoms with Crippen LogP contribution in [0.4, 0.5) is 0 Å². The third kappa shape index (κ3) is 4.94. The van der Waals surface area contributed by atoms with E-state index in [1.165, 1.54) is 13.0 Å². The van der Waals surface area contributed by atoms with Crippen LogP contribution >= 0.6 is 0 Å². The Kier molecular flexibility index (Phi) is 4.82. The van der Waals surface area contributed by atoms with Crippen molar-refractivity contribution in [3.8, 4) is 0 Å². The minimum absolute atomic E-state index is 0.150. The van der Waals surface area contributed by atoms with Gasteiger partial charge in [-0.3, -0.25) is 4.79 Å². The van der Waals surface area contributed by atoms with Crippen LogP contribution in [0.25, 0.3) is 6.08 Å². The van der Waals surface area contributed by atoms with Gasteiger partial charge in [0.15, 0.2) is 0 Å². The van der Waals surface area contributed by atoms with E-state index in [9.17, 15) is 13.2 Å². The van der Waals surface area contributed by atoms with Crippen molar-refractivity contribution < 1.29 is 17.5 Å². The molecule has 0 spiro atoms. The topological polar surface area (TPSA) is 72.5 Å². The Morgan fingerprint density at radius 3 is 2.50 bits per heavy atom. The van der Waals surface area contributed by atoms with E-state index >= 15 is 0 Å². The summed E-state index contributed by atoms with van der Waals surface area (Å²) >= 11 is 0. The maximum Gasteiger partial charge on any atom is 0.310 e. The molecule has 0 radical (unpaired) electrons. The van der Waals surface area contributed by atoms with Crippen LogP contribution < -0.4 is 5.48 Å². The van der Waals surface area contributed by atoms with E-state index in [-0.39, 0.29) is 5.57 Å². The molecule has 0 saturated carbocycles. The van der Waals surface area contributed by atoms with E-state index in [2.05, 4.69) is 10.9 Å². The number of carbonyl (C=O) groups excluding carboxylic acids is 1. The number of hydrogen-bond acceptors (Lipinski definition) is 4. The third-order valence-electron chi connectivity index (χ3n) is 1.86. The van der Waals surface area contributed by atoms with Crippen LogP contribution in [0.3, 0.4) is 0 Å². The summed E-state index contributed by atoms with van der Waals surface area (Å²) in [7, 11) is -3.96. The summed E-state index contributed by atoms with van der Waals surface area (Å²) in [6.07, 6.45) is 1.36. The van der Waals surface area contributed by atoms with Crippen LogP contribution in [0, 0.1) is 0 Å². The molecule has 0 heterocycles. The van der Waals surface area contributed by atoms with Crippen LogP contribution in [0.5, 0.6) is 0 Å². The molecular weight excluding hydrogens is 254 g/mol. The van der Waals surface area contributed by atoms with Crippen LogP contribution in [-0.2, 0) is 19.2 Å². The van der Waals surface area contributed by atoms with E-state index in [0.29, 0.717) is 5.56 Å². The molecule has 6 heteroatoms. The Labute approximate surface area is 106 Å². The number of benzene rings is 1. The monoisotopic (exact) mass is 267 g/mol. The van der Waals surface area contributed by atoms with Gasteiger partial charge in [0.25, 0.3) is 5.91 Å². The smallest absolute Gasteiger partial charge is 0.267 e. The molecule has 1 amide bonds. The van der Waals surface area contributed by atoms with Gasteiger partial charge in [0.05, 0.1) is 5.41 Å². The average molecular weight is 267 g/mol. The Hall–Kier alpha value is -1.92. The first-order valence-electron chi connectivity index (χ1n) is 5.03. The maximum atomic E-state index is 11.4. The minimum atomic E-state index is -3.96. The Bertz CT molecular complexity index is 561. The first-order valence-corrected chi connectivity index (χ1v) is 6.50. The molecule has 0 aromatic heterocycles. The van der Waals surface area contributed by atoms with Crippen molar-refractivity contribution in [2.24, 2.45) is 0 Å². The highest BCUT2D eigenvalue weighted by Gasteiger charge is 2.09. The molecule has 0 aliphatic carbocycles. The van der Waals surface area contributed by atoms with Gasteiger partial charge >= 0.3 is 10.1 Å². The largest absolute Gasteiger partial charge is 0.310 e.